The molecule has 0 aliphatic carbocycles. The third-order valence-electron chi connectivity index (χ3n) is 4.96. The summed E-state index contributed by atoms with van der Waals surface area (Å²) in [6.07, 6.45) is 4.91. The first-order chi connectivity index (χ1) is 14.4. The molecular formula is C22H28N4O3S. The maximum atomic E-state index is 12.5. The zero-order valence-corrected chi connectivity index (χ0v) is 18.6. The van der Waals surface area contributed by atoms with Crippen molar-refractivity contribution in [1.82, 2.24) is 20.6 Å². The lowest BCUT2D eigenvalue weighted by atomic mass is 10.0. The van der Waals surface area contributed by atoms with Crippen molar-refractivity contribution in [3.8, 4) is 17.0 Å². The van der Waals surface area contributed by atoms with Crippen LogP contribution in [0.25, 0.3) is 11.3 Å². The molecule has 160 valence electrons. The van der Waals surface area contributed by atoms with Gasteiger partial charge < -0.3 is 15.4 Å². The van der Waals surface area contributed by atoms with E-state index in [9.17, 15) is 9.59 Å². The normalized spacial score (nSPS) is 15.8. The van der Waals surface area contributed by atoms with Gasteiger partial charge in [0.1, 0.15) is 17.9 Å². The molecule has 2 N–H and O–H groups in total. The Morgan fingerprint density at radius 1 is 1.33 bits per heavy atom. The molecule has 1 unspecified atom stereocenters. The van der Waals surface area contributed by atoms with Gasteiger partial charge in [0.05, 0.1) is 23.6 Å². The van der Waals surface area contributed by atoms with Crippen LogP contribution in [0.2, 0.25) is 0 Å². The zero-order chi connectivity index (χ0) is 21.7. The number of hydrogen-bond donors (Lipinski definition) is 2. The molecular weight excluding hydrogens is 400 g/mol. The fourth-order valence-electron chi connectivity index (χ4n) is 3.48. The number of thioether (sulfide) groups is 1. The van der Waals surface area contributed by atoms with Crippen molar-refractivity contribution in [2.24, 2.45) is 0 Å². The third-order valence-corrected chi connectivity index (χ3v) is 5.60. The average Bonchev–Trinajstić information content (AvgIpc) is 3.13. The van der Waals surface area contributed by atoms with Crippen LogP contribution in [0.3, 0.4) is 0 Å². The highest BCUT2D eigenvalue weighted by molar-refractivity contribution is 7.98. The molecule has 0 saturated carbocycles. The van der Waals surface area contributed by atoms with E-state index in [1.165, 1.54) is 6.92 Å². The first-order valence-corrected chi connectivity index (χ1v) is 11.4. The van der Waals surface area contributed by atoms with Crippen LogP contribution in [0.15, 0.2) is 24.4 Å². The van der Waals surface area contributed by atoms with E-state index in [4.69, 9.17) is 4.74 Å². The van der Waals surface area contributed by atoms with Crippen molar-refractivity contribution < 1.29 is 14.3 Å². The Balaban J connectivity index is 1.62. The smallest absolute Gasteiger partial charge is 0.242 e. The second kappa shape index (κ2) is 9.93. The molecule has 30 heavy (non-hydrogen) atoms. The van der Waals surface area contributed by atoms with Crippen molar-refractivity contribution in [2.45, 2.75) is 45.8 Å². The number of amides is 2. The minimum Gasteiger partial charge on any atom is -0.488 e. The maximum Gasteiger partial charge on any atom is 0.242 e. The SMILES string of the molecule is CSCC[C@H](NC(C)=O)C(=O)NCC1Cc2cc(-c3nc(C)cnc3C)ccc2O1. The second-order valence-electron chi connectivity index (χ2n) is 7.49. The lowest BCUT2D eigenvalue weighted by Gasteiger charge is -2.19. The maximum absolute atomic E-state index is 12.5. The Morgan fingerprint density at radius 3 is 2.87 bits per heavy atom. The van der Waals surface area contributed by atoms with E-state index in [1.54, 1.807) is 18.0 Å². The van der Waals surface area contributed by atoms with Crippen molar-refractivity contribution in [1.29, 1.82) is 0 Å². The van der Waals surface area contributed by atoms with Crippen molar-refractivity contribution >= 4 is 23.6 Å². The molecule has 1 aliphatic rings. The summed E-state index contributed by atoms with van der Waals surface area (Å²) in [5.41, 5.74) is 4.75. The predicted octanol–water partition coefficient (Wildman–Crippen LogP) is 2.44. The molecule has 0 spiro atoms. The lowest BCUT2D eigenvalue weighted by Crippen LogP contribution is -2.48. The van der Waals surface area contributed by atoms with Crippen LogP contribution in [-0.2, 0) is 16.0 Å². The predicted molar refractivity (Wildman–Crippen MR) is 119 cm³/mol. The van der Waals surface area contributed by atoms with Crippen LogP contribution >= 0.6 is 11.8 Å². The second-order valence-corrected chi connectivity index (χ2v) is 8.48. The number of aromatic nitrogens is 2. The molecule has 0 radical (unpaired) electrons. The quantitative estimate of drug-likeness (QED) is 0.671. The number of rotatable bonds is 8. The molecule has 2 aromatic rings. The van der Waals surface area contributed by atoms with Gasteiger partial charge in [0.15, 0.2) is 0 Å². The fourth-order valence-corrected chi connectivity index (χ4v) is 3.95. The first-order valence-electron chi connectivity index (χ1n) is 10.0. The van der Waals surface area contributed by atoms with Gasteiger partial charge in [0, 0.05) is 25.1 Å². The van der Waals surface area contributed by atoms with E-state index in [2.05, 4.69) is 26.7 Å². The largest absolute Gasteiger partial charge is 0.488 e. The highest BCUT2D eigenvalue weighted by Gasteiger charge is 2.26. The first kappa shape index (κ1) is 22.1. The third kappa shape index (κ3) is 5.50. The number of aryl methyl sites for hydroxylation is 2. The van der Waals surface area contributed by atoms with Gasteiger partial charge in [-0.15, -0.1) is 0 Å². The topological polar surface area (TPSA) is 93.2 Å². The molecule has 1 aromatic carbocycles. The molecule has 1 aromatic heterocycles. The van der Waals surface area contributed by atoms with Gasteiger partial charge in [-0.05, 0) is 56.0 Å². The minimum atomic E-state index is -0.520. The lowest BCUT2D eigenvalue weighted by molar-refractivity contribution is -0.128. The van der Waals surface area contributed by atoms with Crippen LogP contribution in [0, 0.1) is 13.8 Å². The number of ether oxygens (including phenoxy) is 1. The number of benzene rings is 1. The Labute approximate surface area is 181 Å². The summed E-state index contributed by atoms with van der Waals surface area (Å²) in [4.78, 5) is 32.9. The van der Waals surface area contributed by atoms with E-state index in [0.717, 1.165) is 39.7 Å². The highest BCUT2D eigenvalue weighted by atomic mass is 32.2. The summed E-state index contributed by atoms with van der Waals surface area (Å²) < 4.78 is 6.00. The molecule has 3 rings (SSSR count). The number of nitrogens with one attached hydrogen (secondary N) is 2. The zero-order valence-electron chi connectivity index (χ0n) is 17.8. The molecule has 0 saturated heterocycles. The summed E-state index contributed by atoms with van der Waals surface area (Å²) in [7, 11) is 0. The summed E-state index contributed by atoms with van der Waals surface area (Å²) in [5, 5.41) is 5.65. The minimum absolute atomic E-state index is 0.137. The van der Waals surface area contributed by atoms with E-state index >= 15 is 0 Å². The Kier molecular flexibility index (Phi) is 7.31. The molecule has 2 atom stereocenters. The van der Waals surface area contributed by atoms with Crippen molar-refractivity contribution in [3.63, 3.8) is 0 Å². The van der Waals surface area contributed by atoms with Crippen molar-refractivity contribution in [3.05, 3.63) is 41.3 Å². The summed E-state index contributed by atoms with van der Waals surface area (Å²) in [6, 6.07) is 5.51. The van der Waals surface area contributed by atoms with Crippen LogP contribution in [0.1, 0.15) is 30.3 Å². The average molecular weight is 429 g/mol. The van der Waals surface area contributed by atoms with Gasteiger partial charge in [-0.2, -0.15) is 11.8 Å². The van der Waals surface area contributed by atoms with Crippen LogP contribution in [0.4, 0.5) is 0 Å². The monoisotopic (exact) mass is 428 g/mol. The standard InChI is InChI=1S/C22H28N4O3S/c1-13-11-23-14(2)21(25-13)16-5-6-20-17(9-16)10-18(29-20)12-24-22(28)19(7-8-30-4)26-15(3)27/h5-6,9,11,18-19H,7-8,10,12H2,1-4H3,(H,24,28)(H,26,27)/t18?,19-/m0/s1. The fraction of sp³-hybridized carbons (Fsp3) is 0.455. The summed E-state index contributed by atoms with van der Waals surface area (Å²) in [6.45, 7) is 5.69. The van der Waals surface area contributed by atoms with Gasteiger partial charge in [-0.25, -0.2) is 4.98 Å². The Bertz CT molecular complexity index is 935. The van der Waals surface area contributed by atoms with E-state index < -0.39 is 6.04 Å². The number of carbonyl (C=O) groups excluding carboxylic acids is 2. The molecule has 1 aliphatic heterocycles. The van der Waals surface area contributed by atoms with Gasteiger partial charge in [0.25, 0.3) is 0 Å². The number of fused-ring (bicyclic) bond motifs is 1. The molecule has 0 fully saturated rings. The number of nitrogens with zero attached hydrogens (tertiary/aromatic N) is 2. The number of hydrogen-bond acceptors (Lipinski definition) is 6. The molecule has 0 bridgehead atoms. The molecule has 2 amide bonds. The van der Waals surface area contributed by atoms with Crippen LogP contribution in [-0.4, -0.2) is 52.5 Å². The molecule has 7 nitrogen and oxygen atoms in total. The summed E-state index contributed by atoms with van der Waals surface area (Å²) >= 11 is 1.65. The van der Waals surface area contributed by atoms with E-state index in [0.29, 0.717) is 19.4 Å². The van der Waals surface area contributed by atoms with Crippen LogP contribution < -0.4 is 15.4 Å². The van der Waals surface area contributed by atoms with Gasteiger partial charge >= 0.3 is 0 Å². The Morgan fingerprint density at radius 2 is 2.13 bits per heavy atom. The van der Waals surface area contributed by atoms with Gasteiger partial charge in [-0.3, -0.25) is 14.6 Å². The summed E-state index contributed by atoms with van der Waals surface area (Å²) in [5.74, 6) is 1.25. The Hall–Kier alpha value is -2.61. The highest BCUT2D eigenvalue weighted by Crippen LogP contribution is 2.33. The van der Waals surface area contributed by atoms with Crippen molar-refractivity contribution in [2.75, 3.05) is 18.6 Å². The van der Waals surface area contributed by atoms with E-state index in [-0.39, 0.29) is 17.9 Å². The van der Waals surface area contributed by atoms with E-state index in [1.807, 2.05) is 32.2 Å². The number of carbonyl (C=O) groups is 2. The molecule has 2 heterocycles. The molecule has 8 heteroatoms. The van der Waals surface area contributed by atoms with Gasteiger partial charge in [-0.1, -0.05) is 0 Å². The van der Waals surface area contributed by atoms with Crippen LogP contribution in [0.5, 0.6) is 5.75 Å². The van der Waals surface area contributed by atoms with Gasteiger partial charge in [0.2, 0.25) is 11.8 Å².